The van der Waals surface area contributed by atoms with Crippen LogP contribution in [0.3, 0.4) is 0 Å². The molecule has 98 valence electrons. The first-order chi connectivity index (χ1) is 9.07. The minimum atomic E-state index is -0.189. The van der Waals surface area contributed by atoms with Crippen LogP contribution < -0.4 is 5.32 Å². The third kappa shape index (κ3) is 2.16. The summed E-state index contributed by atoms with van der Waals surface area (Å²) in [5, 5.41) is 14.9. The summed E-state index contributed by atoms with van der Waals surface area (Å²) in [5.41, 5.74) is 0.252. The lowest BCUT2D eigenvalue weighted by molar-refractivity contribution is 0.0848. The maximum atomic E-state index is 12.2. The Kier molecular flexibility index (Phi) is 2.70. The normalized spacial score (nSPS) is 16.9. The topological polar surface area (TPSA) is 49.3 Å². The number of benzene rings is 2. The molecule has 1 fully saturated rings. The molecule has 0 bridgehead atoms. The molecule has 0 heterocycles. The van der Waals surface area contributed by atoms with Gasteiger partial charge in [-0.15, -0.1) is 0 Å². The molecular formula is C16H17NO2. The van der Waals surface area contributed by atoms with Gasteiger partial charge in [-0.2, -0.15) is 0 Å². The molecule has 1 saturated carbocycles. The van der Waals surface area contributed by atoms with Gasteiger partial charge in [0.2, 0.25) is 0 Å². The number of phenols is 1. The molecule has 0 saturated heterocycles. The summed E-state index contributed by atoms with van der Waals surface area (Å²) in [4.78, 5) is 12.2. The van der Waals surface area contributed by atoms with Gasteiger partial charge in [-0.25, -0.2) is 0 Å². The van der Waals surface area contributed by atoms with Crippen LogP contribution in [0.1, 0.15) is 36.5 Å². The Bertz CT molecular complexity index is 644. The number of carbonyl (C=O) groups excluding carboxylic acids is 1. The number of hydrogen-bond acceptors (Lipinski definition) is 2. The first-order valence-corrected chi connectivity index (χ1v) is 6.62. The molecule has 2 aromatic carbocycles. The summed E-state index contributed by atoms with van der Waals surface area (Å²) in [6.45, 7) is 2.05. The second kappa shape index (κ2) is 4.26. The molecule has 0 radical (unpaired) electrons. The number of amides is 1. The molecule has 0 aromatic heterocycles. The molecule has 3 nitrogen and oxygen atoms in total. The fourth-order valence-electron chi connectivity index (χ4n) is 2.58. The Morgan fingerprint density at radius 3 is 2.42 bits per heavy atom. The quantitative estimate of drug-likeness (QED) is 0.865. The molecule has 0 aliphatic heterocycles. The molecule has 1 aliphatic carbocycles. The van der Waals surface area contributed by atoms with Gasteiger partial charge < -0.3 is 10.4 Å². The molecule has 0 atom stereocenters. The highest BCUT2D eigenvalue weighted by molar-refractivity contribution is 6.01. The van der Waals surface area contributed by atoms with Crippen molar-refractivity contribution in [3.8, 4) is 5.75 Å². The van der Waals surface area contributed by atoms with Crippen molar-refractivity contribution in [1.82, 2.24) is 5.32 Å². The fourth-order valence-corrected chi connectivity index (χ4v) is 2.58. The summed E-state index contributed by atoms with van der Waals surface area (Å²) in [6.07, 6.45) is 3.17. The largest absolute Gasteiger partial charge is 0.507 e. The van der Waals surface area contributed by atoms with Crippen LogP contribution in [0.2, 0.25) is 0 Å². The number of fused-ring (bicyclic) bond motifs is 1. The molecule has 1 aliphatic rings. The summed E-state index contributed by atoms with van der Waals surface area (Å²) in [5.74, 6) is -0.149. The van der Waals surface area contributed by atoms with Crippen molar-refractivity contribution in [3.63, 3.8) is 0 Å². The van der Waals surface area contributed by atoms with E-state index < -0.39 is 0 Å². The van der Waals surface area contributed by atoms with Crippen molar-refractivity contribution in [2.45, 2.75) is 31.7 Å². The van der Waals surface area contributed by atoms with E-state index in [2.05, 4.69) is 5.32 Å². The van der Waals surface area contributed by atoms with Crippen molar-refractivity contribution in [3.05, 3.63) is 42.0 Å². The number of hydrogen-bond donors (Lipinski definition) is 2. The van der Waals surface area contributed by atoms with E-state index in [0.717, 1.165) is 30.0 Å². The molecule has 2 aromatic rings. The third-order valence-corrected chi connectivity index (χ3v) is 3.98. The van der Waals surface area contributed by atoms with E-state index in [1.807, 2.05) is 31.2 Å². The van der Waals surface area contributed by atoms with E-state index in [0.29, 0.717) is 5.56 Å². The lowest BCUT2D eigenvalue weighted by Crippen LogP contribution is -2.50. The molecule has 1 amide bonds. The standard InChI is InChI=1S/C16H17NO2/c1-16(7-4-8-16)17-15(19)13-9-11-5-2-3-6-12(11)10-14(13)18/h2-3,5-6,9-10,18H,4,7-8H2,1H3,(H,17,19). The maximum Gasteiger partial charge on any atom is 0.255 e. The summed E-state index contributed by atoms with van der Waals surface area (Å²) < 4.78 is 0. The van der Waals surface area contributed by atoms with Gasteiger partial charge in [0.15, 0.2) is 0 Å². The van der Waals surface area contributed by atoms with Crippen LogP contribution in [0.4, 0.5) is 0 Å². The zero-order valence-electron chi connectivity index (χ0n) is 10.9. The van der Waals surface area contributed by atoms with E-state index in [1.54, 1.807) is 12.1 Å². The smallest absolute Gasteiger partial charge is 0.255 e. The Morgan fingerprint density at radius 2 is 1.84 bits per heavy atom. The lowest BCUT2D eigenvalue weighted by Gasteiger charge is -2.39. The highest BCUT2D eigenvalue weighted by atomic mass is 16.3. The minimum absolute atomic E-state index is 0.0409. The molecule has 3 heteroatoms. The van der Waals surface area contributed by atoms with Gasteiger partial charge in [0.05, 0.1) is 5.56 Å². The minimum Gasteiger partial charge on any atom is -0.507 e. The van der Waals surface area contributed by atoms with Gasteiger partial charge in [0, 0.05) is 5.54 Å². The molecule has 19 heavy (non-hydrogen) atoms. The van der Waals surface area contributed by atoms with E-state index in [1.165, 1.54) is 0 Å². The second-order valence-corrected chi connectivity index (χ2v) is 5.58. The van der Waals surface area contributed by atoms with Crippen LogP contribution >= 0.6 is 0 Å². The first kappa shape index (κ1) is 12.0. The number of nitrogens with one attached hydrogen (secondary N) is 1. The van der Waals surface area contributed by atoms with Crippen LogP contribution in [-0.4, -0.2) is 16.6 Å². The van der Waals surface area contributed by atoms with Crippen molar-refractivity contribution < 1.29 is 9.90 Å². The van der Waals surface area contributed by atoms with Crippen LogP contribution in [0, 0.1) is 0 Å². The van der Waals surface area contributed by atoms with Crippen molar-refractivity contribution in [2.24, 2.45) is 0 Å². The van der Waals surface area contributed by atoms with Gasteiger partial charge in [-0.05, 0) is 49.1 Å². The number of aromatic hydroxyl groups is 1. The average Bonchev–Trinajstić information content (AvgIpc) is 2.36. The number of rotatable bonds is 2. The van der Waals surface area contributed by atoms with Gasteiger partial charge in [0.25, 0.3) is 5.91 Å². The van der Waals surface area contributed by atoms with E-state index in [-0.39, 0.29) is 17.2 Å². The van der Waals surface area contributed by atoms with Crippen LogP contribution in [0.25, 0.3) is 10.8 Å². The van der Waals surface area contributed by atoms with Crippen LogP contribution in [-0.2, 0) is 0 Å². The molecular weight excluding hydrogens is 238 g/mol. The van der Waals surface area contributed by atoms with E-state index >= 15 is 0 Å². The van der Waals surface area contributed by atoms with Crippen molar-refractivity contribution in [2.75, 3.05) is 0 Å². The zero-order valence-corrected chi connectivity index (χ0v) is 10.9. The van der Waals surface area contributed by atoms with Gasteiger partial charge in [-0.1, -0.05) is 24.3 Å². The third-order valence-electron chi connectivity index (χ3n) is 3.98. The van der Waals surface area contributed by atoms with Gasteiger partial charge in [-0.3, -0.25) is 4.79 Å². The molecule has 3 rings (SSSR count). The van der Waals surface area contributed by atoms with Gasteiger partial charge in [0.1, 0.15) is 5.75 Å². The Labute approximate surface area is 112 Å². The summed E-state index contributed by atoms with van der Waals surface area (Å²) in [7, 11) is 0. The molecule has 0 spiro atoms. The number of phenolic OH excluding ortho intramolecular Hbond substituents is 1. The van der Waals surface area contributed by atoms with Crippen molar-refractivity contribution >= 4 is 16.7 Å². The fraction of sp³-hybridized carbons (Fsp3) is 0.312. The van der Waals surface area contributed by atoms with Crippen LogP contribution in [0.5, 0.6) is 5.75 Å². The first-order valence-electron chi connectivity index (χ1n) is 6.62. The molecule has 0 unspecified atom stereocenters. The molecule has 2 N–H and O–H groups in total. The van der Waals surface area contributed by atoms with E-state index in [9.17, 15) is 9.90 Å². The monoisotopic (exact) mass is 255 g/mol. The Morgan fingerprint density at radius 1 is 1.21 bits per heavy atom. The number of carbonyl (C=O) groups is 1. The highest BCUT2D eigenvalue weighted by Crippen LogP contribution is 2.32. The SMILES string of the molecule is CC1(NC(=O)c2cc3ccccc3cc2O)CCC1. The zero-order chi connectivity index (χ0) is 13.5. The summed E-state index contributed by atoms with van der Waals surface area (Å²) in [6, 6.07) is 11.1. The maximum absolute atomic E-state index is 12.2. The van der Waals surface area contributed by atoms with E-state index in [4.69, 9.17) is 0 Å². The predicted molar refractivity (Wildman–Crippen MR) is 75.3 cm³/mol. The average molecular weight is 255 g/mol. The Balaban J connectivity index is 1.95. The van der Waals surface area contributed by atoms with Crippen molar-refractivity contribution in [1.29, 1.82) is 0 Å². The lowest BCUT2D eigenvalue weighted by atomic mass is 9.78. The Hall–Kier alpha value is -2.03. The van der Waals surface area contributed by atoms with Gasteiger partial charge >= 0.3 is 0 Å². The predicted octanol–water partition coefficient (Wildman–Crippen LogP) is 3.22. The second-order valence-electron chi connectivity index (χ2n) is 5.58. The summed E-state index contributed by atoms with van der Waals surface area (Å²) >= 11 is 0. The van der Waals surface area contributed by atoms with Crippen LogP contribution in [0.15, 0.2) is 36.4 Å². The highest BCUT2D eigenvalue weighted by Gasteiger charge is 2.33.